The molecule has 118 valence electrons. The molecule has 0 unspecified atom stereocenters. The fourth-order valence-corrected chi connectivity index (χ4v) is 3.21. The fraction of sp³-hybridized carbons (Fsp3) is 0.412. The Labute approximate surface area is 135 Å². The van der Waals surface area contributed by atoms with Gasteiger partial charge in [0.1, 0.15) is 0 Å². The Morgan fingerprint density at radius 1 is 1.14 bits per heavy atom. The van der Waals surface area contributed by atoms with Crippen molar-refractivity contribution in [3.05, 3.63) is 40.3 Å². The van der Waals surface area contributed by atoms with Gasteiger partial charge in [0.15, 0.2) is 0 Å². The second-order valence-electron chi connectivity index (χ2n) is 5.26. The minimum atomic E-state index is -0.229. The van der Waals surface area contributed by atoms with Crippen LogP contribution in [0.15, 0.2) is 29.2 Å². The molecule has 0 fully saturated rings. The van der Waals surface area contributed by atoms with E-state index in [1.54, 1.807) is 0 Å². The van der Waals surface area contributed by atoms with Crippen LogP contribution in [-0.4, -0.2) is 40.7 Å². The van der Waals surface area contributed by atoms with Crippen molar-refractivity contribution in [1.29, 1.82) is 0 Å². The lowest BCUT2D eigenvalue weighted by atomic mass is 10.0. The van der Waals surface area contributed by atoms with Crippen LogP contribution in [0.2, 0.25) is 0 Å². The highest BCUT2D eigenvalue weighted by Gasteiger charge is 2.38. The summed E-state index contributed by atoms with van der Waals surface area (Å²) in [5.41, 5.74) is 2.34. The van der Waals surface area contributed by atoms with Crippen LogP contribution >= 0.6 is 11.8 Å². The van der Waals surface area contributed by atoms with Crippen molar-refractivity contribution in [3.63, 3.8) is 0 Å². The topological polar surface area (TPSA) is 57.6 Å². The summed E-state index contributed by atoms with van der Waals surface area (Å²) < 4.78 is 0. The van der Waals surface area contributed by atoms with Crippen LogP contribution in [0.4, 0.5) is 0 Å². The SMILES string of the molecule is CCCCN1C(=O)C(SCCO)=C(c2ccc(C)cc2)C1=O. The first-order chi connectivity index (χ1) is 10.6. The second kappa shape index (κ2) is 7.61. The van der Waals surface area contributed by atoms with Gasteiger partial charge in [-0.05, 0) is 18.9 Å². The first kappa shape index (κ1) is 16.8. The lowest BCUT2D eigenvalue weighted by Crippen LogP contribution is -2.32. The molecule has 2 amide bonds. The molecule has 0 spiro atoms. The van der Waals surface area contributed by atoms with E-state index in [1.165, 1.54) is 16.7 Å². The molecule has 0 saturated carbocycles. The predicted molar refractivity (Wildman–Crippen MR) is 89.3 cm³/mol. The first-order valence-electron chi connectivity index (χ1n) is 7.51. The van der Waals surface area contributed by atoms with E-state index in [9.17, 15) is 9.59 Å². The van der Waals surface area contributed by atoms with E-state index in [0.29, 0.717) is 22.8 Å². The molecule has 22 heavy (non-hydrogen) atoms. The zero-order valence-electron chi connectivity index (χ0n) is 13.0. The van der Waals surface area contributed by atoms with Gasteiger partial charge >= 0.3 is 0 Å². The number of aliphatic hydroxyl groups excluding tert-OH is 1. The molecule has 5 heteroatoms. The third kappa shape index (κ3) is 3.42. The van der Waals surface area contributed by atoms with Gasteiger partial charge in [0.05, 0.1) is 17.1 Å². The molecule has 1 aromatic carbocycles. The molecule has 0 aliphatic carbocycles. The number of thioether (sulfide) groups is 1. The van der Waals surface area contributed by atoms with Gasteiger partial charge in [-0.3, -0.25) is 14.5 Å². The number of imide groups is 1. The Hall–Kier alpha value is -1.59. The summed E-state index contributed by atoms with van der Waals surface area (Å²) >= 11 is 1.26. The Kier molecular flexibility index (Phi) is 5.80. The van der Waals surface area contributed by atoms with Crippen LogP contribution in [0.5, 0.6) is 0 Å². The van der Waals surface area contributed by atoms with Crippen molar-refractivity contribution in [2.75, 3.05) is 18.9 Å². The molecule has 1 heterocycles. The van der Waals surface area contributed by atoms with Crippen molar-refractivity contribution in [2.45, 2.75) is 26.7 Å². The van der Waals surface area contributed by atoms with E-state index >= 15 is 0 Å². The number of aliphatic hydroxyl groups is 1. The van der Waals surface area contributed by atoms with E-state index in [1.807, 2.05) is 38.1 Å². The lowest BCUT2D eigenvalue weighted by molar-refractivity contribution is -0.136. The van der Waals surface area contributed by atoms with Gasteiger partial charge in [0, 0.05) is 12.3 Å². The molecular formula is C17H21NO3S. The van der Waals surface area contributed by atoms with E-state index in [4.69, 9.17) is 5.11 Å². The molecule has 1 aliphatic rings. The fourth-order valence-electron chi connectivity index (χ4n) is 2.33. The third-order valence-corrected chi connectivity index (χ3v) is 4.59. The summed E-state index contributed by atoms with van der Waals surface area (Å²) in [5.74, 6) is -0.0408. The molecule has 2 rings (SSSR count). The quantitative estimate of drug-likeness (QED) is 0.785. The lowest BCUT2D eigenvalue weighted by Gasteiger charge is -2.14. The number of aryl methyl sites for hydroxylation is 1. The Bertz CT molecular complexity index is 592. The standard InChI is InChI=1S/C17H21NO3S/c1-3-4-9-18-16(20)14(13-7-5-12(2)6-8-13)15(17(18)21)22-11-10-19/h5-8,19H,3-4,9-11H2,1-2H3. The predicted octanol–water partition coefficient (Wildman–Crippen LogP) is 2.60. The molecule has 1 aromatic rings. The summed E-state index contributed by atoms with van der Waals surface area (Å²) in [6.45, 7) is 4.44. The van der Waals surface area contributed by atoms with Crippen molar-refractivity contribution < 1.29 is 14.7 Å². The maximum absolute atomic E-state index is 12.7. The summed E-state index contributed by atoms with van der Waals surface area (Å²) in [5, 5.41) is 9.03. The van der Waals surface area contributed by atoms with Crippen LogP contribution in [-0.2, 0) is 9.59 Å². The maximum Gasteiger partial charge on any atom is 0.267 e. The number of carbonyl (C=O) groups excluding carboxylic acids is 2. The van der Waals surface area contributed by atoms with Crippen LogP contribution in [0.1, 0.15) is 30.9 Å². The molecule has 4 nitrogen and oxygen atoms in total. The number of carbonyl (C=O) groups is 2. The number of nitrogens with zero attached hydrogens (tertiary/aromatic N) is 1. The molecule has 0 radical (unpaired) electrons. The van der Waals surface area contributed by atoms with Gasteiger partial charge in [-0.2, -0.15) is 0 Å². The third-order valence-electron chi connectivity index (χ3n) is 3.54. The summed E-state index contributed by atoms with van der Waals surface area (Å²) in [4.78, 5) is 27.0. The molecule has 0 saturated heterocycles. The molecule has 0 bridgehead atoms. The van der Waals surface area contributed by atoms with Crippen LogP contribution in [0, 0.1) is 6.92 Å². The molecule has 1 aliphatic heterocycles. The van der Waals surface area contributed by atoms with Gasteiger partial charge in [0.25, 0.3) is 11.8 Å². The largest absolute Gasteiger partial charge is 0.396 e. The number of benzene rings is 1. The molecule has 0 atom stereocenters. The highest BCUT2D eigenvalue weighted by atomic mass is 32.2. The number of hydrogen-bond acceptors (Lipinski definition) is 4. The number of amides is 2. The Morgan fingerprint density at radius 2 is 1.82 bits per heavy atom. The summed E-state index contributed by atoms with van der Waals surface area (Å²) in [6, 6.07) is 7.61. The number of unbranched alkanes of at least 4 members (excludes halogenated alkanes) is 1. The van der Waals surface area contributed by atoms with Crippen LogP contribution < -0.4 is 0 Å². The highest BCUT2D eigenvalue weighted by Crippen LogP contribution is 2.36. The van der Waals surface area contributed by atoms with E-state index < -0.39 is 0 Å². The van der Waals surface area contributed by atoms with Gasteiger partial charge in [-0.15, -0.1) is 11.8 Å². The minimum Gasteiger partial charge on any atom is -0.396 e. The Balaban J connectivity index is 2.38. The van der Waals surface area contributed by atoms with E-state index in [0.717, 1.165) is 24.0 Å². The second-order valence-corrected chi connectivity index (χ2v) is 6.36. The summed E-state index contributed by atoms with van der Waals surface area (Å²) in [7, 11) is 0. The number of rotatable bonds is 7. The van der Waals surface area contributed by atoms with E-state index in [2.05, 4.69) is 0 Å². The Morgan fingerprint density at radius 3 is 2.41 bits per heavy atom. The zero-order chi connectivity index (χ0) is 16.1. The van der Waals surface area contributed by atoms with Crippen molar-refractivity contribution in [2.24, 2.45) is 0 Å². The minimum absolute atomic E-state index is 0.0220. The number of hydrogen-bond donors (Lipinski definition) is 1. The van der Waals surface area contributed by atoms with Crippen molar-refractivity contribution >= 4 is 29.1 Å². The van der Waals surface area contributed by atoms with Crippen molar-refractivity contribution in [3.8, 4) is 0 Å². The summed E-state index contributed by atoms with van der Waals surface area (Å²) in [6.07, 6.45) is 1.73. The van der Waals surface area contributed by atoms with E-state index in [-0.39, 0.29) is 18.4 Å². The normalized spacial score (nSPS) is 15.1. The van der Waals surface area contributed by atoms with Crippen molar-refractivity contribution in [1.82, 2.24) is 4.90 Å². The van der Waals surface area contributed by atoms with Crippen LogP contribution in [0.25, 0.3) is 5.57 Å². The average molecular weight is 319 g/mol. The molecule has 1 N–H and O–H groups in total. The zero-order valence-corrected chi connectivity index (χ0v) is 13.8. The smallest absolute Gasteiger partial charge is 0.267 e. The molecular weight excluding hydrogens is 298 g/mol. The monoisotopic (exact) mass is 319 g/mol. The average Bonchev–Trinajstić information content (AvgIpc) is 2.75. The first-order valence-corrected chi connectivity index (χ1v) is 8.49. The van der Waals surface area contributed by atoms with Crippen LogP contribution in [0.3, 0.4) is 0 Å². The maximum atomic E-state index is 12.7. The highest BCUT2D eigenvalue weighted by molar-refractivity contribution is 8.04. The molecule has 0 aromatic heterocycles. The van der Waals surface area contributed by atoms with Gasteiger partial charge in [0.2, 0.25) is 0 Å². The van der Waals surface area contributed by atoms with Gasteiger partial charge in [-0.25, -0.2) is 0 Å². The van der Waals surface area contributed by atoms with Gasteiger partial charge in [-0.1, -0.05) is 43.2 Å². The van der Waals surface area contributed by atoms with Gasteiger partial charge < -0.3 is 5.11 Å².